The van der Waals surface area contributed by atoms with Gasteiger partial charge in [-0.3, -0.25) is 4.79 Å². The zero-order chi connectivity index (χ0) is 15.6. The van der Waals surface area contributed by atoms with Crippen molar-refractivity contribution in [1.29, 1.82) is 0 Å². The zero-order valence-corrected chi connectivity index (χ0v) is 12.6. The van der Waals surface area contributed by atoms with Crippen LogP contribution in [0.25, 0.3) is 17.1 Å². The Balaban J connectivity index is 1.39. The SMILES string of the molecule is O=C(/C=C/c1ccccc1)N1CC(c2nc3ccccc3[nH]2)C1. The van der Waals surface area contributed by atoms with E-state index in [0.717, 1.165) is 35.5 Å². The molecule has 0 radical (unpaired) electrons. The van der Waals surface area contributed by atoms with E-state index < -0.39 is 0 Å². The Kier molecular flexibility index (Phi) is 3.42. The van der Waals surface area contributed by atoms with E-state index in [2.05, 4.69) is 9.97 Å². The van der Waals surface area contributed by atoms with Gasteiger partial charge >= 0.3 is 0 Å². The van der Waals surface area contributed by atoms with Crippen molar-refractivity contribution in [2.45, 2.75) is 5.92 Å². The fraction of sp³-hybridized carbons (Fsp3) is 0.158. The van der Waals surface area contributed by atoms with Gasteiger partial charge in [-0.1, -0.05) is 42.5 Å². The summed E-state index contributed by atoms with van der Waals surface area (Å²) >= 11 is 0. The second kappa shape index (κ2) is 5.72. The van der Waals surface area contributed by atoms with Crippen LogP contribution in [0.15, 0.2) is 60.7 Å². The number of para-hydroxylation sites is 2. The summed E-state index contributed by atoms with van der Waals surface area (Å²) in [6, 6.07) is 17.9. The molecule has 1 fully saturated rings. The highest BCUT2D eigenvalue weighted by atomic mass is 16.2. The molecule has 4 heteroatoms. The summed E-state index contributed by atoms with van der Waals surface area (Å²) in [6.45, 7) is 1.44. The topological polar surface area (TPSA) is 49.0 Å². The molecule has 1 saturated heterocycles. The molecule has 23 heavy (non-hydrogen) atoms. The van der Waals surface area contributed by atoms with Crippen molar-refractivity contribution >= 4 is 23.0 Å². The summed E-state index contributed by atoms with van der Waals surface area (Å²) in [6.07, 6.45) is 3.50. The lowest BCUT2D eigenvalue weighted by Crippen LogP contribution is -2.48. The van der Waals surface area contributed by atoms with Gasteiger partial charge in [-0.05, 0) is 23.8 Å². The molecule has 2 heterocycles. The summed E-state index contributed by atoms with van der Waals surface area (Å²) in [7, 11) is 0. The number of imidazole rings is 1. The fourth-order valence-corrected chi connectivity index (χ4v) is 2.83. The van der Waals surface area contributed by atoms with Gasteiger partial charge in [-0.2, -0.15) is 0 Å². The van der Waals surface area contributed by atoms with Crippen LogP contribution in [0.5, 0.6) is 0 Å². The predicted molar refractivity (Wildman–Crippen MR) is 90.9 cm³/mol. The van der Waals surface area contributed by atoms with Crippen molar-refractivity contribution in [2.75, 3.05) is 13.1 Å². The average Bonchev–Trinajstić information content (AvgIpc) is 2.96. The minimum atomic E-state index is 0.0567. The van der Waals surface area contributed by atoms with Gasteiger partial charge in [0.05, 0.1) is 17.0 Å². The van der Waals surface area contributed by atoms with Crippen LogP contribution in [0.3, 0.4) is 0 Å². The molecule has 0 spiro atoms. The minimum absolute atomic E-state index is 0.0567. The van der Waals surface area contributed by atoms with Gasteiger partial charge in [0.1, 0.15) is 5.82 Å². The zero-order valence-electron chi connectivity index (χ0n) is 12.6. The van der Waals surface area contributed by atoms with E-state index in [0.29, 0.717) is 5.92 Å². The first kappa shape index (κ1) is 13.8. The molecule has 0 saturated carbocycles. The Morgan fingerprint density at radius 2 is 1.83 bits per heavy atom. The molecule has 114 valence electrons. The first-order valence-corrected chi connectivity index (χ1v) is 7.76. The van der Waals surface area contributed by atoms with Crippen LogP contribution in [0.4, 0.5) is 0 Å². The molecule has 4 nitrogen and oxygen atoms in total. The van der Waals surface area contributed by atoms with E-state index in [-0.39, 0.29) is 5.91 Å². The largest absolute Gasteiger partial charge is 0.342 e. The van der Waals surface area contributed by atoms with Gasteiger partial charge in [-0.25, -0.2) is 4.98 Å². The third kappa shape index (κ3) is 2.75. The quantitative estimate of drug-likeness (QED) is 0.755. The standard InChI is InChI=1S/C19H17N3O/c23-18(11-10-14-6-2-1-3-7-14)22-12-15(13-22)19-20-16-8-4-5-9-17(16)21-19/h1-11,15H,12-13H2,(H,20,21)/b11-10+. The Labute approximate surface area is 134 Å². The predicted octanol–water partition coefficient (Wildman–Crippen LogP) is 3.20. The second-order valence-electron chi connectivity index (χ2n) is 5.82. The van der Waals surface area contributed by atoms with Crippen LogP contribution < -0.4 is 0 Å². The van der Waals surface area contributed by atoms with E-state index in [9.17, 15) is 4.79 Å². The van der Waals surface area contributed by atoms with Crippen LogP contribution in [-0.2, 0) is 4.79 Å². The lowest BCUT2D eigenvalue weighted by Gasteiger charge is -2.37. The molecule has 1 aliphatic rings. The third-order valence-corrected chi connectivity index (χ3v) is 4.21. The third-order valence-electron chi connectivity index (χ3n) is 4.21. The number of hydrogen-bond acceptors (Lipinski definition) is 2. The Morgan fingerprint density at radius 3 is 2.61 bits per heavy atom. The van der Waals surface area contributed by atoms with Crippen molar-refractivity contribution in [3.63, 3.8) is 0 Å². The molecule has 3 aromatic rings. The number of likely N-dealkylation sites (tertiary alicyclic amines) is 1. The average molecular weight is 303 g/mol. The molecule has 0 atom stereocenters. The van der Waals surface area contributed by atoms with Crippen molar-refractivity contribution in [2.24, 2.45) is 0 Å². The number of nitrogens with zero attached hydrogens (tertiary/aromatic N) is 2. The maximum atomic E-state index is 12.2. The highest BCUT2D eigenvalue weighted by Crippen LogP contribution is 2.26. The van der Waals surface area contributed by atoms with E-state index in [1.807, 2.05) is 65.6 Å². The van der Waals surface area contributed by atoms with Gasteiger partial charge in [0.25, 0.3) is 0 Å². The lowest BCUT2D eigenvalue weighted by molar-refractivity contribution is -0.130. The maximum absolute atomic E-state index is 12.2. The number of aromatic amines is 1. The number of benzene rings is 2. The van der Waals surface area contributed by atoms with Gasteiger partial charge in [0.2, 0.25) is 5.91 Å². The molecular formula is C19H17N3O. The monoisotopic (exact) mass is 303 g/mol. The minimum Gasteiger partial charge on any atom is -0.342 e. The van der Waals surface area contributed by atoms with Gasteiger partial charge in [-0.15, -0.1) is 0 Å². The van der Waals surface area contributed by atoms with Crippen molar-refractivity contribution in [3.8, 4) is 0 Å². The molecular weight excluding hydrogens is 286 g/mol. The van der Waals surface area contributed by atoms with Crippen LogP contribution in [0.1, 0.15) is 17.3 Å². The smallest absolute Gasteiger partial charge is 0.246 e. The van der Waals surface area contributed by atoms with Gasteiger partial charge in [0, 0.05) is 19.2 Å². The lowest BCUT2D eigenvalue weighted by atomic mass is 9.99. The Morgan fingerprint density at radius 1 is 1.09 bits per heavy atom. The number of nitrogens with one attached hydrogen (secondary N) is 1. The number of rotatable bonds is 3. The van der Waals surface area contributed by atoms with Crippen molar-refractivity contribution in [3.05, 3.63) is 72.1 Å². The number of aromatic nitrogens is 2. The molecule has 1 N–H and O–H groups in total. The number of carbonyl (C=O) groups is 1. The maximum Gasteiger partial charge on any atom is 0.246 e. The number of amides is 1. The van der Waals surface area contributed by atoms with Gasteiger partial charge < -0.3 is 9.88 Å². The second-order valence-corrected chi connectivity index (χ2v) is 5.82. The van der Waals surface area contributed by atoms with Crippen LogP contribution in [-0.4, -0.2) is 33.9 Å². The summed E-state index contributed by atoms with van der Waals surface area (Å²) < 4.78 is 0. The van der Waals surface area contributed by atoms with Crippen LogP contribution >= 0.6 is 0 Å². The summed E-state index contributed by atoms with van der Waals surface area (Å²) in [4.78, 5) is 22.0. The van der Waals surface area contributed by atoms with Crippen LogP contribution in [0.2, 0.25) is 0 Å². The van der Waals surface area contributed by atoms with E-state index in [1.165, 1.54) is 0 Å². The first-order valence-electron chi connectivity index (χ1n) is 7.76. The molecule has 0 unspecified atom stereocenters. The van der Waals surface area contributed by atoms with Crippen molar-refractivity contribution in [1.82, 2.24) is 14.9 Å². The Bertz CT molecular complexity index is 827. The van der Waals surface area contributed by atoms with E-state index in [4.69, 9.17) is 0 Å². The number of fused-ring (bicyclic) bond motifs is 1. The summed E-state index contributed by atoms with van der Waals surface area (Å²) in [5.41, 5.74) is 3.07. The highest BCUT2D eigenvalue weighted by Gasteiger charge is 2.32. The van der Waals surface area contributed by atoms with Crippen LogP contribution in [0, 0.1) is 0 Å². The summed E-state index contributed by atoms with van der Waals surface area (Å²) in [5, 5.41) is 0. The Hall–Kier alpha value is -2.88. The summed E-state index contributed by atoms with van der Waals surface area (Å²) in [5.74, 6) is 1.33. The number of H-pyrrole nitrogens is 1. The highest BCUT2D eigenvalue weighted by molar-refractivity contribution is 5.92. The number of hydrogen-bond donors (Lipinski definition) is 1. The number of carbonyl (C=O) groups excluding carboxylic acids is 1. The molecule has 1 amide bonds. The van der Waals surface area contributed by atoms with Gasteiger partial charge in [0.15, 0.2) is 0 Å². The molecule has 2 aromatic carbocycles. The molecule has 4 rings (SSSR count). The van der Waals surface area contributed by atoms with E-state index in [1.54, 1.807) is 6.08 Å². The molecule has 0 aliphatic carbocycles. The van der Waals surface area contributed by atoms with E-state index >= 15 is 0 Å². The molecule has 1 aromatic heterocycles. The normalized spacial score (nSPS) is 15.2. The molecule has 0 bridgehead atoms. The molecule has 1 aliphatic heterocycles. The first-order chi connectivity index (χ1) is 11.3. The van der Waals surface area contributed by atoms with Crippen molar-refractivity contribution < 1.29 is 4.79 Å². The fourth-order valence-electron chi connectivity index (χ4n) is 2.83.